The summed E-state index contributed by atoms with van der Waals surface area (Å²) in [7, 11) is 0. The number of carbonyl (C=O) groups excluding carboxylic acids is 1. The van der Waals surface area contributed by atoms with Gasteiger partial charge in [-0.2, -0.15) is 0 Å². The van der Waals surface area contributed by atoms with E-state index in [0.29, 0.717) is 17.7 Å². The number of amides is 1. The molecule has 3 atom stereocenters. The minimum absolute atomic E-state index is 0.127. The molecule has 3 unspecified atom stereocenters. The molecule has 3 rings (SSSR count). The topological polar surface area (TPSA) is 46.3 Å². The molecule has 0 bridgehead atoms. The second-order valence-electron chi connectivity index (χ2n) is 7.90. The number of nitrogens with two attached hydrogens (primary N) is 1. The van der Waals surface area contributed by atoms with Crippen LogP contribution in [0.1, 0.15) is 58.8 Å². The van der Waals surface area contributed by atoms with Crippen LogP contribution in [0.25, 0.3) is 0 Å². The summed E-state index contributed by atoms with van der Waals surface area (Å²) in [5.41, 5.74) is 6.19. The normalized spacial score (nSPS) is 36.4. The predicted octanol–water partition coefficient (Wildman–Crippen LogP) is 2.79. The van der Waals surface area contributed by atoms with E-state index in [0.717, 1.165) is 37.8 Å². The van der Waals surface area contributed by atoms with Crippen LogP contribution in [-0.4, -0.2) is 29.4 Å². The number of hydrogen-bond acceptors (Lipinski definition) is 2. The Morgan fingerprint density at radius 1 is 1.10 bits per heavy atom. The Bertz CT molecular complexity index is 373. The molecule has 3 nitrogen and oxygen atoms in total. The van der Waals surface area contributed by atoms with Crippen LogP contribution >= 0.6 is 0 Å². The van der Waals surface area contributed by atoms with E-state index < -0.39 is 0 Å². The van der Waals surface area contributed by atoms with Gasteiger partial charge in [0, 0.05) is 19.0 Å². The van der Waals surface area contributed by atoms with E-state index in [1.165, 1.54) is 32.1 Å². The van der Waals surface area contributed by atoms with Crippen molar-refractivity contribution in [3.05, 3.63) is 0 Å². The van der Waals surface area contributed by atoms with E-state index in [9.17, 15) is 4.79 Å². The largest absolute Gasteiger partial charge is 0.339 e. The quantitative estimate of drug-likeness (QED) is 0.844. The first-order chi connectivity index (χ1) is 9.49. The third-order valence-electron chi connectivity index (χ3n) is 6.32. The summed E-state index contributed by atoms with van der Waals surface area (Å²) in [4.78, 5) is 14.7. The average molecular weight is 278 g/mol. The first kappa shape index (κ1) is 14.4. The molecule has 1 saturated heterocycles. The lowest BCUT2D eigenvalue weighted by Crippen LogP contribution is -2.71. The summed E-state index contributed by atoms with van der Waals surface area (Å²) >= 11 is 0. The van der Waals surface area contributed by atoms with Crippen molar-refractivity contribution < 1.29 is 4.79 Å². The number of carbonyl (C=O) groups is 1. The molecule has 2 aliphatic carbocycles. The lowest BCUT2D eigenvalue weighted by Gasteiger charge is -2.52. The molecule has 0 aromatic rings. The van der Waals surface area contributed by atoms with Gasteiger partial charge in [0.2, 0.25) is 5.91 Å². The second-order valence-corrected chi connectivity index (χ2v) is 7.90. The number of hydrogen-bond donors (Lipinski definition) is 1. The molecule has 2 saturated carbocycles. The summed E-state index contributed by atoms with van der Waals surface area (Å²) in [6.45, 7) is 5.87. The molecule has 1 amide bonds. The molecule has 3 heteroatoms. The van der Waals surface area contributed by atoms with Crippen LogP contribution in [0.2, 0.25) is 0 Å². The zero-order valence-corrected chi connectivity index (χ0v) is 13.1. The molecule has 0 radical (unpaired) electrons. The summed E-state index contributed by atoms with van der Waals surface area (Å²) < 4.78 is 0. The van der Waals surface area contributed by atoms with Gasteiger partial charge in [-0.1, -0.05) is 39.5 Å². The van der Waals surface area contributed by atoms with Gasteiger partial charge in [0.05, 0.1) is 5.54 Å². The van der Waals surface area contributed by atoms with Gasteiger partial charge in [0.15, 0.2) is 0 Å². The highest BCUT2D eigenvalue weighted by molar-refractivity contribution is 5.80. The Balaban J connectivity index is 1.54. The lowest BCUT2D eigenvalue weighted by molar-refractivity contribution is -0.147. The van der Waals surface area contributed by atoms with Crippen LogP contribution in [0, 0.1) is 23.7 Å². The molecule has 2 N–H and O–H groups in total. The van der Waals surface area contributed by atoms with Crippen molar-refractivity contribution in [2.45, 2.75) is 64.3 Å². The minimum atomic E-state index is -0.127. The van der Waals surface area contributed by atoms with Crippen LogP contribution < -0.4 is 5.73 Å². The molecule has 20 heavy (non-hydrogen) atoms. The Kier molecular flexibility index (Phi) is 3.83. The highest BCUT2D eigenvalue weighted by atomic mass is 16.2. The molecule has 1 heterocycles. The van der Waals surface area contributed by atoms with Crippen LogP contribution in [-0.2, 0) is 4.79 Å². The molecule has 114 valence electrons. The van der Waals surface area contributed by atoms with Gasteiger partial charge in [-0.3, -0.25) is 4.79 Å². The first-order valence-electron chi connectivity index (χ1n) is 8.57. The fourth-order valence-electron chi connectivity index (χ4n) is 4.54. The van der Waals surface area contributed by atoms with Crippen molar-refractivity contribution >= 4 is 5.91 Å². The van der Waals surface area contributed by atoms with Crippen LogP contribution in [0.3, 0.4) is 0 Å². The Hall–Kier alpha value is -0.570. The number of rotatable bonds is 2. The molecular formula is C17H30N2O. The van der Waals surface area contributed by atoms with Crippen LogP contribution in [0.15, 0.2) is 0 Å². The molecule has 3 aliphatic rings. The van der Waals surface area contributed by atoms with Crippen molar-refractivity contribution in [1.82, 2.24) is 4.90 Å². The molecule has 0 aromatic heterocycles. The van der Waals surface area contributed by atoms with Crippen LogP contribution in [0.4, 0.5) is 0 Å². The van der Waals surface area contributed by atoms with Crippen LogP contribution in [0.5, 0.6) is 0 Å². The molecule has 3 fully saturated rings. The van der Waals surface area contributed by atoms with Crippen molar-refractivity contribution in [2.24, 2.45) is 29.4 Å². The maximum atomic E-state index is 12.6. The summed E-state index contributed by atoms with van der Waals surface area (Å²) in [6, 6.07) is 0. The monoisotopic (exact) mass is 278 g/mol. The molecule has 0 aromatic carbocycles. The summed E-state index contributed by atoms with van der Waals surface area (Å²) in [5.74, 6) is 2.91. The predicted molar refractivity (Wildman–Crippen MR) is 81.1 cm³/mol. The smallest absolute Gasteiger partial charge is 0.225 e. The van der Waals surface area contributed by atoms with E-state index in [-0.39, 0.29) is 5.54 Å². The maximum absolute atomic E-state index is 12.6. The van der Waals surface area contributed by atoms with Gasteiger partial charge in [0.1, 0.15) is 0 Å². The standard InChI is InChI=1S/C17H30N2O/c1-12(2)17(18)10-19(11-17)16(20)15-8-7-13-5-3-4-6-14(13)9-15/h12-15H,3-11,18H2,1-2H3. The van der Waals surface area contributed by atoms with E-state index in [2.05, 4.69) is 13.8 Å². The van der Waals surface area contributed by atoms with Gasteiger partial charge in [-0.05, 0) is 37.0 Å². The van der Waals surface area contributed by atoms with Crippen molar-refractivity contribution in [2.75, 3.05) is 13.1 Å². The van der Waals surface area contributed by atoms with E-state index in [4.69, 9.17) is 5.73 Å². The van der Waals surface area contributed by atoms with Gasteiger partial charge in [-0.25, -0.2) is 0 Å². The fraction of sp³-hybridized carbons (Fsp3) is 0.941. The van der Waals surface area contributed by atoms with Gasteiger partial charge < -0.3 is 10.6 Å². The fourth-order valence-corrected chi connectivity index (χ4v) is 4.54. The van der Waals surface area contributed by atoms with E-state index >= 15 is 0 Å². The summed E-state index contributed by atoms with van der Waals surface area (Å²) in [5, 5.41) is 0. The summed E-state index contributed by atoms with van der Waals surface area (Å²) in [6.07, 6.45) is 9.12. The Labute approximate surface area is 123 Å². The zero-order chi connectivity index (χ0) is 14.3. The third kappa shape index (κ3) is 2.49. The molecule has 0 spiro atoms. The van der Waals surface area contributed by atoms with E-state index in [1.54, 1.807) is 0 Å². The average Bonchev–Trinajstić information content (AvgIpc) is 2.42. The Morgan fingerprint density at radius 3 is 2.40 bits per heavy atom. The molecule has 1 aliphatic heterocycles. The SMILES string of the molecule is CC(C)C1(N)CN(C(=O)C2CCC3CCCCC3C2)C1. The van der Waals surface area contributed by atoms with Crippen molar-refractivity contribution in [3.63, 3.8) is 0 Å². The third-order valence-corrected chi connectivity index (χ3v) is 6.32. The van der Waals surface area contributed by atoms with Gasteiger partial charge in [-0.15, -0.1) is 0 Å². The molecular weight excluding hydrogens is 248 g/mol. The Morgan fingerprint density at radius 2 is 1.75 bits per heavy atom. The van der Waals surface area contributed by atoms with Gasteiger partial charge in [0.25, 0.3) is 0 Å². The highest BCUT2D eigenvalue weighted by Gasteiger charge is 2.46. The van der Waals surface area contributed by atoms with Crippen molar-refractivity contribution in [3.8, 4) is 0 Å². The zero-order valence-electron chi connectivity index (χ0n) is 13.1. The number of fused-ring (bicyclic) bond motifs is 1. The highest BCUT2D eigenvalue weighted by Crippen LogP contribution is 2.43. The van der Waals surface area contributed by atoms with Gasteiger partial charge >= 0.3 is 0 Å². The minimum Gasteiger partial charge on any atom is -0.339 e. The first-order valence-corrected chi connectivity index (χ1v) is 8.57. The second kappa shape index (κ2) is 5.32. The lowest BCUT2D eigenvalue weighted by atomic mass is 9.67. The number of likely N-dealkylation sites (tertiary alicyclic amines) is 1. The number of nitrogens with zero attached hydrogens (tertiary/aromatic N) is 1. The maximum Gasteiger partial charge on any atom is 0.225 e. The van der Waals surface area contributed by atoms with Crippen molar-refractivity contribution in [1.29, 1.82) is 0 Å². The van der Waals surface area contributed by atoms with E-state index in [1.807, 2.05) is 4.90 Å².